The first kappa shape index (κ1) is 27.4. The predicted molar refractivity (Wildman–Crippen MR) is 113 cm³/mol. The minimum Gasteiger partial charge on any atom is -0.478 e. The molecule has 152 valence electrons. The highest BCUT2D eigenvalue weighted by Gasteiger charge is 2.42. The van der Waals surface area contributed by atoms with Crippen molar-refractivity contribution in [3.05, 3.63) is 36.5 Å². The van der Waals surface area contributed by atoms with Gasteiger partial charge < -0.3 is 21.9 Å². The number of nitrogens with one attached hydrogen (secondary N) is 2. The van der Waals surface area contributed by atoms with Gasteiger partial charge >= 0.3 is 5.97 Å². The molecular formula is C16H24Cl3N5O3. The standard InChI is InChI=1S/C9H8N2.C7H13N3O3.3ClH/c10-8-5-7-3-1-2-4-9(7)11-6-8;8-4-5(11)10-7(6(12)13)2-1-3-9-7;;;/h1-6H,10H2;9H,1-4,8H2,(H,10,11)(H,12,13);3*1H/t;7-;;;/m.1.../s1. The fourth-order valence-electron chi connectivity index (χ4n) is 2.46. The molecule has 0 radical (unpaired) electrons. The van der Waals surface area contributed by atoms with Crippen LogP contribution in [0.4, 0.5) is 5.69 Å². The molecule has 0 aliphatic carbocycles. The Bertz CT molecular complexity index is 742. The van der Waals surface area contributed by atoms with Crippen LogP contribution < -0.4 is 22.1 Å². The SMILES string of the molecule is Cl.Cl.Cl.NCC(=O)N[C@@]1(C(=O)O)CCCN1.Nc1cnc2ccccc2c1. The molecule has 1 fully saturated rings. The van der Waals surface area contributed by atoms with Crippen LogP contribution in [0.5, 0.6) is 0 Å². The summed E-state index contributed by atoms with van der Waals surface area (Å²) < 4.78 is 0. The molecule has 1 aliphatic heterocycles. The molecule has 7 N–H and O–H groups in total. The van der Waals surface area contributed by atoms with Gasteiger partial charge in [0.15, 0.2) is 5.66 Å². The number of aliphatic carboxylic acids is 1. The first-order chi connectivity index (χ1) is 11.5. The van der Waals surface area contributed by atoms with Gasteiger partial charge in [0.2, 0.25) is 5.91 Å². The summed E-state index contributed by atoms with van der Waals surface area (Å²) in [7, 11) is 0. The number of rotatable bonds is 3. The molecule has 1 atom stereocenters. The number of pyridine rings is 1. The number of carbonyl (C=O) groups excluding carboxylic acids is 1. The van der Waals surface area contributed by atoms with Gasteiger partial charge in [0.25, 0.3) is 0 Å². The molecule has 0 unspecified atom stereocenters. The molecule has 1 aromatic heterocycles. The van der Waals surface area contributed by atoms with Crippen LogP contribution >= 0.6 is 37.2 Å². The van der Waals surface area contributed by atoms with E-state index in [2.05, 4.69) is 15.6 Å². The van der Waals surface area contributed by atoms with Crippen molar-refractivity contribution in [2.24, 2.45) is 5.73 Å². The van der Waals surface area contributed by atoms with Gasteiger partial charge in [-0.05, 0) is 31.5 Å². The van der Waals surface area contributed by atoms with Gasteiger partial charge in [0.1, 0.15) is 0 Å². The molecule has 1 saturated heterocycles. The minimum absolute atomic E-state index is 0. The molecule has 3 rings (SSSR count). The van der Waals surface area contributed by atoms with Crippen LogP contribution in [0.3, 0.4) is 0 Å². The van der Waals surface area contributed by atoms with E-state index in [9.17, 15) is 9.59 Å². The van der Waals surface area contributed by atoms with Gasteiger partial charge in [0.05, 0.1) is 23.9 Å². The smallest absolute Gasteiger partial charge is 0.344 e. The number of carboxylic acids is 1. The third-order valence-corrected chi connectivity index (χ3v) is 3.67. The quantitative estimate of drug-likeness (QED) is 0.484. The summed E-state index contributed by atoms with van der Waals surface area (Å²) in [6.45, 7) is 0.397. The molecule has 8 nitrogen and oxygen atoms in total. The molecule has 0 bridgehead atoms. The third-order valence-electron chi connectivity index (χ3n) is 3.67. The summed E-state index contributed by atoms with van der Waals surface area (Å²) in [6.07, 6.45) is 2.80. The number of halogens is 3. The van der Waals surface area contributed by atoms with E-state index in [1.54, 1.807) is 6.20 Å². The summed E-state index contributed by atoms with van der Waals surface area (Å²) in [5.74, 6) is -1.52. The van der Waals surface area contributed by atoms with Crippen LogP contribution in [0.2, 0.25) is 0 Å². The number of aromatic nitrogens is 1. The maximum atomic E-state index is 10.9. The van der Waals surface area contributed by atoms with Crippen LogP contribution in [0.1, 0.15) is 12.8 Å². The number of benzene rings is 1. The molecule has 1 aliphatic rings. The Morgan fingerprint density at radius 1 is 1.26 bits per heavy atom. The van der Waals surface area contributed by atoms with Gasteiger partial charge in [-0.3, -0.25) is 15.1 Å². The lowest BCUT2D eigenvalue weighted by molar-refractivity contribution is -0.148. The highest BCUT2D eigenvalue weighted by molar-refractivity contribution is 5.87. The molecule has 11 heteroatoms. The Hall–Kier alpha value is -1.84. The maximum Gasteiger partial charge on any atom is 0.344 e. The zero-order valence-electron chi connectivity index (χ0n) is 14.4. The van der Waals surface area contributed by atoms with E-state index < -0.39 is 17.5 Å². The Kier molecular flexibility index (Phi) is 12.7. The lowest BCUT2D eigenvalue weighted by Gasteiger charge is -2.25. The first-order valence-corrected chi connectivity index (χ1v) is 7.56. The van der Waals surface area contributed by atoms with Crippen molar-refractivity contribution in [3.8, 4) is 0 Å². The second-order valence-corrected chi connectivity index (χ2v) is 5.45. The fraction of sp³-hybridized carbons (Fsp3) is 0.312. The van der Waals surface area contributed by atoms with Crippen molar-refractivity contribution in [1.82, 2.24) is 15.6 Å². The summed E-state index contributed by atoms with van der Waals surface area (Å²) in [5, 5.41) is 15.1. The van der Waals surface area contributed by atoms with Crippen molar-refractivity contribution in [2.75, 3.05) is 18.8 Å². The van der Waals surface area contributed by atoms with Crippen molar-refractivity contribution in [2.45, 2.75) is 18.5 Å². The van der Waals surface area contributed by atoms with E-state index in [1.807, 2.05) is 30.3 Å². The van der Waals surface area contributed by atoms with E-state index in [1.165, 1.54) is 0 Å². The van der Waals surface area contributed by atoms with Crippen LogP contribution in [-0.2, 0) is 9.59 Å². The topological polar surface area (TPSA) is 143 Å². The number of nitrogens with zero attached hydrogens (tertiary/aromatic N) is 1. The number of para-hydroxylation sites is 1. The van der Waals surface area contributed by atoms with Gasteiger partial charge in [-0.15, -0.1) is 37.2 Å². The Balaban J connectivity index is 0. The molecule has 27 heavy (non-hydrogen) atoms. The number of carbonyl (C=O) groups is 2. The van der Waals surface area contributed by atoms with E-state index in [0.717, 1.165) is 17.3 Å². The number of carboxylic acid groups (broad SMARTS) is 1. The molecule has 2 aromatic rings. The highest BCUT2D eigenvalue weighted by atomic mass is 35.5. The highest BCUT2D eigenvalue weighted by Crippen LogP contribution is 2.16. The van der Waals surface area contributed by atoms with Crippen molar-refractivity contribution < 1.29 is 14.7 Å². The third kappa shape index (κ3) is 7.36. The molecule has 1 aromatic carbocycles. The Morgan fingerprint density at radius 3 is 2.48 bits per heavy atom. The summed E-state index contributed by atoms with van der Waals surface area (Å²) in [4.78, 5) is 26.0. The number of nitrogen functional groups attached to an aromatic ring is 1. The summed E-state index contributed by atoms with van der Waals surface area (Å²) in [6, 6.07) is 9.82. The lowest BCUT2D eigenvalue weighted by Crippen LogP contribution is -2.61. The van der Waals surface area contributed by atoms with E-state index in [-0.39, 0.29) is 43.8 Å². The van der Waals surface area contributed by atoms with Crippen molar-refractivity contribution in [3.63, 3.8) is 0 Å². The van der Waals surface area contributed by atoms with Gasteiger partial charge in [-0.1, -0.05) is 18.2 Å². The Labute approximate surface area is 175 Å². The molecule has 0 saturated carbocycles. The predicted octanol–water partition coefficient (Wildman–Crippen LogP) is 1.31. The summed E-state index contributed by atoms with van der Waals surface area (Å²) >= 11 is 0. The monoisotopic (exact) mass is 439 g/mol. The number of nitrogens with two attached hydrogens (primary N) is 2. The zero-order valence-corrected chi connectivity index (χ0v) is 16.8. The molecular weight excluding hydrogens is 417 g/mol. The number of hydrogen-bond donors (Lipinski definition) is 5. The number of anilines is 1. The second kappa shape index (κ2) is 12.5. The summed E-state index contributed by atoms with van der Waals surface area (Å²) in [5.41, 5.74) is 11.0. The number of fused-ring (bicyclic) bond motifs is 1. The van der Waals surface area contributed by atoms with E-state index in [0.29, 0.717) is 18.7 Å². The average Bonchev–Trinajstić information content (AvgIpc) is 3.05. The Morgan fingerprint density at radius 2 is 1.93 bits per heavy atom. The second-order valence-electron chi connectivity index (χ2n) is 5.45. The van der Waals surface area contributed by atoms with E-state index >= 15 is 0 Å². The average molecular weight is 441 g/mol. The number of amides is 1. The van der Waals surface area contributed by atoms with Gasteiger partial charge in [-0.2, -0.15) is 0 Å². The first-order valence-electron chi connectivity index (χ1n) is 7.56. The fourth-order valence-corrected chi connectivity index (χ4v) is 2.46. The van der Waals surface area contributed by atoms with Gasteiger partial charge in [-0.25, -0.2) is 4.79 Å². The molecule has 0 spiro atoms. The van der Waals surface area contributed by atoms with Crippen molar-refractivity contribution in [1.29, 1.82) is 0 Å². The van der Waals surface area contributed by atoms with Crippen LogP contribution in [0.15, 0.2) is 36.5 Å². The molecule has 2 heterocycles. The van der Waals surface area contributed by atoms with Gasteiger partial charge in [0, 0.05) is 5.39 Å². The molecule has 1 amide bonds. The lowest BCUT2D eigenvalue weighted by atomic mass is 10.1. The maximum absolute atomic E-state index is 10.9. The zero-order chi connectivity index (χ0) is 17.6. The number of hydrogen-bond acceptors (Lipinski definition) is 6. The largest absolute Gasteiger partial charge is 0.478 e. The normalized spacial score (nSPS) is 17.2. The van der Waals surface area contributed by atoms with Crippen LogP contribution in [0.25, 0.3) is 10.9 Å². The van der Waals surface area contributed by atoms with Crippen LogP contribution in [0, 0.1) is 0 Å². The van der Waals surface area contributed by atoms with Crippen LogP contribution in [-0.4, -0.2) is 40.7 Å². The van der Waals surface area contributed by atoms with E-state index in [4.69, 9.17) is 16.6 Å². The minimum atomic E-state index is -1.30. The van der Waals surface area contributed by atoms with Crippen molar-refractivity contribution >= 4 is 65.7 Å².